The lowest BCUT2D eigenvalue weighted by Gasteiger charge is -2.26. The summed E-state index contributed by atoms with van der Waals surface area (Å²) in [4.78, 5) is 4.64. The standard InChI is InChI=1S/C17H28N2S/c1-6-20-16-9-7-8-15(16)19-14(5)17-11(2)10-12(3)18-13(17)4/h10,14-16,19H,6-9H2,1-5H3. The summed E-state index contributed by atoms with van der Waals surface area (Å²) in [6.07, 6.45) is 4.05. The summed E-state index contributed by atoms with van der Waals surface area (Å²) in [7, 11) is 0. The third-order valence-electron chi connectivity index (χ3n) is 4.31. The third-order valence-corrected chi connectivity index (χ3v) is 5.64. The fraction of sp³-hybridized carbons (Fsp3) is 0.706. The number of thioether (sulfide) groups is 1. The Morgan fingerprint density at radius 3 is 2.75 bits per heavy atom. The van der Waals surface area contributed by atoms with E-state index >= 15 is 0 Å². The summed E-state index contributed by atoms with van der Waals surface area (Å²) in [5.74, 6) is 1.22. The van der Waals surface area contributed by atoms with E-state index in [0.29, 0.717) is 12.1 Å². The van der Waals surface area contributed by atoms with Gasteiger partial charge in [-0.25, -0.2) is 0 Å². The number of pyridine rings is 1. The van der Waals surface area contributed by atoms with Crippen molar-refractivity contribution in [2.75, 3.05) is 5.75 Å². The van der Waals surface area contributed by atoms with E-state index in [-0.39, 0.29) is 0 Å². The number of nitrogens with one attached hydrogen (secondary N) is 1. The summed E-state index contributed by atoms with van der Waals surface area (Å²) < 4.78 is 0. The molecular formula is C17H28N2S. The maximum Gasteiger partial charge on any atom is 0.0426 e. The smallest absolute Gasteiger partial charge is 0.0426 e. The van der Waals surface area contributed by atoms with E-state index in [2.05, 4.69) is 62.7 Å². The van der Waals surface area contributed by atoms with Gasteiger partial charge in [-0.15, -0.1) is 0 Å². The van der Waals surface area contributed by atoms with E-state index in [9.17, 15) is 0 Å². The Balaban J connectivity index is 2.10. The maximum absolute atomic E-state index is 4.64. The Bertz CT molecular complexity index is 435. The largest absolute Gasteiger partial charge is 0.306 e. The first kappa shape index (κ1) is 15.8. The topological polar surface area (TPSA) is 24.9 Å². The molecule has 3 atom stereocenters. The van der Waals surface area contributed by atoms with Gasteiger partial charge >= 0.3 is 0 Å². The molecule has 0 radical (unpaired) electrons. The Kier molecular flexibility index (Phi) is 5.50. The molecule has 1 heterocycles. The minimum Gasteiger partial charge on any atom is -0.306 e. The lowest BCUT2D eigenvalue weighted by Crippen LogP contribution is -2.36. The lowest BCUT2D eigenvalue weighted by molar-refractivity contribution is 0.464. The Hall–Kier alpha value is -0.540. The van der Waals surface area contributed by atoms with Gasteiger partial charge in [0.1, 0.15) is 0 Å². The van der Waals surface area contributed by atoms with Gasteiger partial charge in [-0.3, -0.25) is 4.98 Å². The van der Waals surface area contributed by atoms with E-state index in [4.69, 9.17) is 0 Å². The average molecular weight is 292 g/mol. The fourth-order valence-corrected chi connectivity index (χ4v) is 4.83. The summed E-state index contributed by atoms with van der Waals surface area (Å²) >= 11 is 2.12. The first-order valence-electron chi connectivity index (χ1n) is 7.85. The van der Waals surface area contributed by atoms with Crippen LogP contribution in [0.1, 0.15) is 61.7 Å². The molecule has 20 heavy (non-hydrogen) atoms. The van der Waals surface area contributed by atoms with Crippen LogP contribution in [0.4, 0.5) is 0 Å². The zero-order valence-electron chi connectivity index (χ0n) is 13.5. The molecule has 1 N–H and O–H groups in total. The highest BCUT2D eigenvalue weighted by Crippen LogP contribution is 2.32. The van der Waals surface area contributed by atoms with Crippen LogP contribution in [0.5, 0.6) is 0 Å². The molecule has 1 aromatic rings. The molecule has 0 spiro atoms. The number of nitrogens with zero attached hydrogens (tertiary/aromatic N) is 1. The third kappa shape index (κ3) is 3.56. The molecule has 0 amide bonds. The van der Waals surface area contributed by atoms with Gasteiger partial charge in [0.05, 0.1) is 0 Å². The molecule has 3 heteroatoms. The van der Waals surface area contributed by atoms with Crippen molar-refractivity contribution in [1.82, 2.24) is 10.3 Å². The summed E-state index contributed by atoms with van der Waals surface area (Å²) in [5, 5.41) is 4.66. The molecule has 0 aliphatic heterocycles. The summed E-state index contributed by atoms with van der Waals surface area (Å²) in [5.41, 5.74) is 5.06. The summed E-state index contributed by atoms with van der Waals surface area (Å²) in [6, 6.07) is 3.26. The van der Waals surface area contributed by atoms with Crippen LogP contribution in [0.2, 0.25) is 0 Å². The van der Waals surface area contributed by atoms with Crippen LogP contribution >= 0.6 is 11.8 Å². The van der Waals surface area contributed by atoms with Crippen molar-refractivity contribution in [3.63, 3.8) is 0 Å². The van der Waals surface area contributed by atoms with E-state index in [0.717, 1.165) is 10.9 Å². The van der Waals surface area contributed by atoms with Gasteiger partial charge in [0, 0.05) is 28.7 Å². The predicted molar refractivity (Wildman–Crippen MR) is 89.6 cm³/mol. The molecular weight excluding hydrogens is 264 g/mol. The van der Waals surface area contributed by atoms with Crippen molar-refractivity contribution in [1.29, 1.82) is 0 Å². The van der Waals surface area contributed by atoms with Gasteiger partial charge in [0.25, 0.3) is 0 Å². The van der Waals surface area contributed by atoms with Crippen molar-refractivity contribution in [3.05, 3.63) is 28.6 Å². The molecule has 0 saturated heterocycles. The fourth-order valence-electron chi connectivity index (χ4n) is 3.62. The van der Waals surface area contributed by atoms with E-state index in [1.54, 1.807) is 0 Å². The van der Waals surface area contributed by atoms with Gasteiger partial charge in [0.2, 0.25) is 0 Å². The highest BCUT2D eigenvalue weighted by Gasteiger charge is 2.28. The number of hydrogen-bond acceptors (Lipinski definition) is 3. The molecule has 3 unspecified atom stereocenters. The van der Waals surface area contributed by atoms with Gasteiger partial charge in [-0.1, -0.05) is 13.3 Å². The number of hydrogen-bond donors (Lipinski definition) is 1. The monoisotopic (exact) mass is 292 g/mol. The average Bonchev–Trinajstić information content (AvgIpc) is 2.75. The molecule has 0 aromatic carbocycles. The highest BCUT2D eigenvalue weighted by atomic mass is 32.2. The van der Waals surface area contributed by atoms with Crippen LogP contribution in [0, 0.1) is 20.8 Å². The molecule has 0 bridgehead atoms. The first-order valence-corrected chi connectivity index (χ1v) is 8.90. The number of aromatic nitrogens is 1. The molecule has 1 aliphatic rings. The second-order valence-corrected chi connectivity index (χ2v) is 7.52. The van der Waals surface area contributed by atoms with Crippen LogP contribution in [-0.4, -0.2) is 22.0 Å². The van der Waals surface area contributed by atoms with Crippen LogP contribution in [0.25, 0.3) is 0 Å². The van der Waals surface area contributed by atoms with Crippen molar-refractivity contribution in [3.8, 4) is 0 Å². The van der Waals surface area contributed by atoms with E-state index in [1.807, 2.05) is 0 Å². The lowest BCUT2D eigenvalue weighted by atomic mass is 9.99. The maximum atomic E-state index is 4.64. The SMILES string of the molecule is CCSC1CCCC1NC(C)c1c(C)cc(C)nc1C. The number of rotatable bonds is 5. The molecule has 1 aromatic heterocycles. The van der Waals surface area contributed by atoms with Crippen LogP contribution in [-0.2, 0) is 0 Å². The van der Waals surface area contributed by atoms with Gasteiger partial charge in [0.15, 0.2) is 0 Å². The highest BCUT2D eigenvalue weighted by molar-refractivity contribution is 7.99. The second-order valence-electron chi connectivity index (χ2n) is 6.00. The van der Waals surface area contributed by atoms with Crippen LogP contribution in [0.3, 0.4) is 0 Å². The second kappa shape index (κ2) is 6.95. The van der Waals surface area contributed by atoms with Gasteiger partial charge in [-0.2, -0.15) is 11.8 Å². The van der Waals surface area contributed by atoms with Gasteiger partial charge < -0.3 is 5.32 Å². The summed E-state index contributed by atoms with van der Waals surface area (Å²) in [6.45, 7) is 11.0. The quantitative estimate of drug-likeness (QED) is 0.874. The van der Waals surface area contributed by atoms with Crippen molar-refractivity contribution in [2.45, 2.75) is 71.2 Å². The minimum absolute atomic E-state index is 0.395. The molecule has 1 fully saturated rings. The first-order chi connectivity index (χ1) is 9.52. The molecule has 2 rings (SSSR count). The molecule has 2 nitrogen and oxygen atoms in total. The van der Waals surface area contributed by atoms with Crippen LogP contribution in [0.15, 0.2) is 6.07 Å². The molecule has 1 aliphatic carbocycles. The zero-order chi connectivity index (χ0) is 14.7. The Morgan fingerprint density at radius 2 is 2.10 bits per heavy atom. The van der Waals surface area contributed by atoms with Crippen LogP contribution < -0.4 is 5.32 Å². The number of aryl methyl sites for hydroxylation is 3. The van der Waals surface area contributed by atoms with Crippen molar-refractivity contribution in [2.24, 2.45) is 0 Å². The zero-order valence-corrected chi connectivity index (χ0v) is 14.3. The predicted octanol–water partition coefficient (Wildman–Crippen LogP) is 4.33. The molecule has 1 saturated carbocycles. The van der Waals surface area contributed by atoms with E-state index < -0.39 is 0 Å². The van der Waals surface area contributed by atoms with Crippen molar-refractivity contribution < 1.29 is 0 Å². The minimum atomic E-state index is 0.395. The molecule has 112 valence electrons. The van der Waals surface area contributed by atoms with Gasteiger partial charge in [-0.05, 0) is 63.5 Å². The van der Waals surface area contributed by atoms with E-state index in [1.165, 1.54) is 41.8 Å². The Morgan fingerprint density at radius 1 is 1.35 bits per heavy atom. The Labute approximate surface area is 128 Å². The normalized spacial score (nSPS) is 24.1. The van der Waals surface area contributed by atoms with Crippen molar-refractivity contribution >= 4 is 11.8 Å².